The molecule has 3 rings (SSSR count). The van der Waals surface area contributed by atoms with Gasteiger partial charge in [0.2, 0.25) is 0 Å². The average Bonchev–Trinajstić information content (AvgIpc) is 2.55. The summed E-state index contributed by atoms with van der Waals surface area (Å²) in [5.41, 5.74) is 0.860. The van der Waals surface area contributed by atoms with Gasteiger partial charge in [-0.3, -0.25) is 9.69 Å². The number of carbonyl (C=O) groups excluding carboxylic acids is 1. The number of benzene rings is 1. The first-order valence-corrected chi connectivity index (χ1v) is 9.38. The van der Waals surface area contributed by atoms with E-state index in [0.29, 0.717) is 6.54 Å². The zero-order valence-corrected chi connectivity index (χ0v) is 13.7. The van der Waals surface area contributed by atoms with Gasteiger partial charge in [0.15, 0.2) is 5.78 Å². The van der Waals surface area contributed by atoms with Crippen LogP contribution >= 0.6 is 11.8 Å². The molecule has 1 saturated heterocycles. The van der Waals surface area contributed by atoms with Crippen molar-refractivity contribution < 1.29 is 4.79 Å². The van der Waals surface area contributed by atoms with E-state index in [1.807, 2.05) is 24.3 Å². The average molecular weight is 303 g/mol. The number of nitrogens with zero attached hydrogens (tertiary/aromatic N) is 1. The fraction of sp³-hybridized carbons (Fsp3) is 0.611. The lowest BCUT2D eigenvalue weighted by Gasteiger charge is -2.41. The number of Topliss-reactive ketones (excluding diaryl/α,β-unsaturated/α-hetero) is 1. The van der Waals surface area contributed by atoms with Crippen LogP contribution in [0.1, 0.15) is 42.5 Å². The minimum absolute atomic E-state index is 0.275. The summed E-state index contributed by atoms with van der Waals surface area (Å²) in [4.78, 5) is 16.0. The Kier molecular flexibility index (Phi) is 5.02. The van der Waals surface area contributed by atoms with Crippen molar-refractivity contribution in [2.45, 2.75) is 37.0 Å². The number of ketones is 1. The maximum Gasteiger partial charge on any atom is 0.176 e. The summed E-state index contributed by atoms with van der Waals surface area (Å²) in [7, 11) is 0. The highest BCUT2D eigenvalue weighted by atomic mass is 32.2. The number of piperidine rings is 1. The van der Waals surface area contributed by atoms with Crippen molar-refractivity contribution in [3.05, 3.63) is 29.8 Å². The van der Waals surface area contributed by atoms with E-state index in [4.69, 9.17) is 0 Å². The molecule has 2 atom stereocenters. The van der Waals surface area contributed by atoms with Gasteiger partial charge in [0.25, 0.3) is 0 Å². The fourth-order valence-corrected chi connectivity index (χ4v) is 4.30. The first kappa shape index (κ1) is 15.1. The second-order valence-electron chi connectivity index (χ2n) is 6.48. The standard InChI is InChI=1S/C18H25NOS/c1-21-17-8-6-15(7-9-17)18(20)13-19-11-10-14-4-2-3-5-16(14)12-19/h6-9,14,16H,2-5,10-13H2,1H3. The topological polar surface area (TPSA) is 20.3 Å². The Labute approximate surface area is 132 Å². The normalized spacial score (nSPS) is 26.3. The molecular weight excluding hydrogens is 278 g/mol. The third-order valence-electron chi connectivity index (χ3n) is 5.15. The van der Waals surface area contributed by atoms with Gasteiger partial charge in [0, 0.05) is 17.0 Å². The van der Waals surface area contributed by atoms with Crippen LogP contribution in [0.4, 0.5) is 0 Å². The lowest BCUT2D eigenvalue weighted by molar-refractivity contribution is 0.0713. The zero-order chi connectivity index (χ0) is 14.7. The van der Waals surface area contributed by atoms with Crippen LogP contribution in [0.15, 0.2) is 29.2 Å². The molecule has 1 aromatic rings. The van der Waals surface area contributed by atoms with Crippen LogP contribution in [0, 0.1) is 11.8 Å². The number of hydrogen-bond acceptors (Lipinski definition) is 3. The van der Waals surface area contributed by atoms with E-state index in [-0.39, 0.29) is 5.78 Å². The van der Waals surface area contributed by atoms with E-state index in [1.165, 1.54) is 37.0 Å². The Morgan fingerprint density at radius 1 is 1.14 bits per heavy atom. The van der Waals surface area contributed by atoms with Crippen molar-refractivity contribution >= 4 is 17.5 Å². The highest BCUT2D eigenvalue weighted by molar-refractivity contribution is 7.98. The van der Waals surface area contributed by atoms with Gasteiger partial charge in [-0.05, 0) is 49.6 Å². The summed E-state index contributed by atoms with van der Waals surface area (Å²) < 4.78 is 0. The van der Waals surface area contributed by atoms with Gasteiger partial charge in [-0.2, -0.15) is 0 Å². The maximum atomic E-state index is 12.4. The molecule has 1 aromatic carbocycles. The van der Waals surface area contributed by atoms with Crippen LogP contribution in [-0.2, 0) is 0 Å². The van der Waals surface area contributed by atoms with Gasteiger partial charge >= 0.3 is 0 Å². The predicted molar refractivity (Wildman–Crippen MR) is 89.1 cm³/mol. The molecule has 2 nitrogen and oxygen atoms in total. The maximum absolute atomic E-state index is 12.4. The molecule has 1 aliphatic heterocycles. The molecule has 0 bridgehead atoms. The lowest BCUT2D eigenvalue weighted by atomic mass is 9.75. The number of thioether (sulfide) groups is 1. The molecule has 0 spiro atoms. The third kappa shape index (κ3) is 3.70. The molecule has 21 heavy (non-hydrogen) atoms. The predicted octanol–water partition coefficient (Wildman–Crippen LogP) is 4.10. The van der Waals surface area contributed by atoms with E-state index >= 15 is 0 Å². The Morgan fingerprint density at radius 3 is 2.57 bits per heavy atom. The molecule has 0 N–H and O–H groups in total. The molecular formula is C18H25NOS. The summed E-state index contributed by atoms with van der Waals surface area (Å²) in [6.45, 7) is 2.84. The van der Waals surface area contributed by atoms with Crippen molar-refractivity contribution in [1.82, 2.24) is 4.90 Å². The SMILES string of the molecule is CSc1ccc(C(=O)CN2CCC3CCCCC3C2)cc1. The molecule has 0 amide bonds. The van der Waals surface area contributed by atoms with Gasteiger partial charge in [0.1, 0.15) is 0 Å². The highest BCUT2D eigenvalue weighted by Crippen LogP contribution is 2.36. The Bertz CT molecular complexity index is 484. The fourth-order valence-electron chi connectivity index (χ4n) is 3.89. The van der Waals surface area contributed by atoms with E-state index < -0.39 is 0 Å². The molecule has 2 unspecified atom stereocenters. The molecule has 0 aromatic heterocycles. The summed E-state index contributed by atoms with van der Waals surface area (Å²) >= 11 is 1.72. The highest BCUT2D eigenvalue weighted by Gasteiger charge is 2.31. The molecule has 2 aliphatic rings. The summed E-state index contributed by atoms with van der Waals surface area (Å²) in [5, 5.41) is 0. The van der Waals surface area contributed by atoms with Crippen LogP contribution in [0.2, 0.25) is 0 Å². The monoisotopic (exact) mass is 303 g/mol. The first-order valence-electron chi connectivity index (χ1n) is 8.16. The minimum Gasteiger partial charge on any atom is -0.296 e. The van der Waals surface area contributed by atoms with E-state index in [2.05, 4.69) is 11.2 Å². The summed E-state index contributed by atoms with van der Waals surface area (Å²) in [6, 6.07) is 8.04. The van der Waals surface area contributed by atoms with Crippen LogP contribution in [0.25, 0.3) is 0 Å². The molecule has 1 aliphatic carbocycles. The largest absolute Gasteiger partial charge is 0.296 e. The van der Waals surface area contributed by atoms with Crippen molar-refractivity contribution in [1.29, 1.82) is 0 Å². The first-order chi connectivity index (χ1) is 10.3. The number of hydrogen-bond donors (Lipinski definition) is 0. The second kappa shape index (κ2) is 6.97. The van der Waals surface area contributed by atoms with Gasteiger partial charge in [0.05, 0.1) is 6.54 Å². The van der Waals surface area contributed by atoms with Crippen LogP contribution in [0.5, 0.6) is 0 Å². The summed E-state index contributed by atoms with van der Waals surface area (Å²) in [5.74, 6) is 2.06. The van der Waals surface area contributed by atoms with Crippen LogP contribution < -0.4 is 0 Å². The Balaban J connectivity index is 1.57. The Morgan fingerprint density at radius 2 is 1.86 bits per heavy atom. The quantitative estimate of drug-likeness (QED) is 0.617. The molecule has 0 radical (unpaired) electrons. The Hall–Kier alpha value is -0.800. The van der Waals surface area contributed by atoms with Gasteiger partial charge in [-0.25, -0.2) is 0 Å². The smallest absolute Gasteiger partial charge is 0.176 e. The van der Waals surface area contributed by atoms with Gasteiger partial charge in [-0.15, -0.1) is 11.8 Å². The van der Waals surface area contributed by atoms with Crippen LogP contribution in [-0.4, -0.2) is 36.6 Å². The van der Waals surface area contributed by atoms with Gasteiger partial charge < -0.3 is 0 Å². The number of likely N-dealkylation sites (tertiary alicyclic amines) is 1. The van der Waals surface area contributed by atoms with Crippen molar-refractivity contribution in [2.75, 3.05) is 25.9 Å². The molecule has 1 heterocycles. The molecule has 114 valence electrons. The zero-order valence-electron chi connectivity index (χ0n) is 12.9. The van der Waals surface area contributed by atoms with Gasteiger partial charge in [-0.1, -0.05) is 31.4 Å². The van der Waals surface area contributed by atoms with Crippen molar-refractivity contribution in [3.63, 3.8) is 0 Å². The molecule has 2 fully saturated rings. The summed E-state index contributed by atoms with van der Waals surface area (Å²) in [6.07, 6.45) is 8.95. The second-order valence-corrected chi connectivity index (χ2v) is 7.36. The van der Waals surface area contributed by atoms with Crippen molar-refractivity contribution in [2.24, 2.45) is 11.8 Å². The van der Waals surface area contributed by atoms with E-state index in [0.717, 1.165) is 30.5 Å². The minimum atomic E-state index is 0.275. The third-order valence-corrected chi connectivity index (χ3v) is 5.90. The van der Waals surface area contributed by atoms with E-state index in [1.54, 1.807) is 11.8 Å². The molecule has 3 heteroatoms. The lowest BCUT2D eigenvalue weighted by Crippen LogP contribution is -2.43. The van der Waals surface area contributed by atoms with Crippen molar-refractivity contribution in [3.8, 4) is 0 Å². The number of rotatable bonds is 4. The number of fused-ring (bicyclic) bond motifs is 1. The number of carbonyl (C=O) groups is 1. The molecule has 1 saturated carbocycles. The van der Waals surface area contributed by atoms with E-state index in [9.17, 15) is 4.79 Å². The van der Waals surface area contributed by atoms with Crippen LogP contribution in [0.3, 0.4) is 0 Å².